The SMILES string of the molecule is Cc1ccc(I)cc1[N+](=O)[O-].O=[N+]([O-])c1cc(I)ccc1CBr. The number of benzene rings is 2. The van der Waals surface area contributed by atoms with Crippen LogP contribution >= 0.6 is 61.1 Å². The molecule has 0 amide bonds. The van der Waals surface area contributed by atoms with Crippen molar-refractivity contribution in [3.63, 3.8) is 0 Å². The average molecular weight is 605 g/mol. The van der Waals surface area contributed by atoms with Crippen LogP contribution in [0.15, 0.2) is 36.4 Å². The lowest BCUT2D eigenvalue weighted by atomic mass is 10.2. The summed E-state index contributed by atoms with van der Waals surface area (Å²) in [6.45, 7) is 1.73. The van der Waals surface area contributed by atoms with Gasteiger partial charge in [-0.1, -0.05) is 28.1 Å². The first kappa shape index (κ1) is 20.2. The topological polar surface area (TPSA) is 86.3 Å². The maximum atomic E-state index is 10.5. The van der Waals surface area contributed by atoms with Crippen molar-refractivity contribution in [1.82, 2.24) is 0 Å². The zero-order valence-electron chi connectivity index (χ0n) is 11.8. The summed E-state index contributed by atoms with van der Waals surface area (Å²) in [4.78, 5) is 20.2. The first-order valence-corrected chi connectivity index (χ1v) is 9.43. The summed E-state index contributed by atoms with van der Waals surface area (Å²) in [5.41, 5.74) is 1.78. The maximum absolute atomic E-state index is 10.5. The third-order valence-electron chi connectivity index (χ3n) is 2.76. The van der Waals surface area contributed by atoms with Crippen molar-refractivity contribution >= 4 is 72.5 Å². The largest absolute Gasteiger partial charge is 0.274 e. The van der Waals surface area contributed by atoms with Crippen LogP contribution in [0.3, 0.4) is 0 Å². The van der Waals surface area contributed by atoms with Gasteiger partial charge in [0.15, 0.2) is 0 Å². The van der Waals surface area contributed by atoms with E-state index in [1.165, 1.54) is 0 Å². The van der Waals surface area contributed by atoms with Gasteiger partial charge in [0.25, 0.3) is 11.4 Å². The molecule has 0 bridgehead atoms. The smallest absolute Gasteiger partial charge is 0.258 e. The zero-order chi connectivity index (χ0) is 17.6. The Hall–Kier alpha value is -0.820. The van der Waals surface area contributed by atoms with Gasteiger partial charge in [0.2, 0.25) is 0 Å². The lowest BCUT2D eigenvalue weighted by molar-refractivity contribution is -0.385. The molecule has 0 fully saturated rings. The second kappa shape index (κ2) is 9.47. The van der Waals surface area contributed by atoms with Crippen LogP contribution < -0.4 is 0 Å². The summed E-state index contributed by atoms with van der Waals surface area (Å²) in [5.74, 6) is 0. The highest BCUT2D eigenvalue weighted by molar-refractivity contribution is 14.1. The first-order chi connectivity index (χ1) is 10.8. The van der Waals surface area contributed by atoms with Crippen molar-refractivity contribution in [3.05, 3.63) is 74.9 Å². The lowest BCUT2D eigenvalue weighted by Crippen LogP contribution is -1.93. The van der Waals surface area contributed by atoms with E-state index in [0.717, 1.165) is 7.14 Å². The quantitative estimate of drug-likeness (QED) is 0.198. The van der Waals surface area contributed by atoms with Crippen LogP contribution in [0.5, 0.6) is 0 Å². The van der Waals surface area contributed by atoms with E-state index in [9.17, 15) is 20.2 Å². The Morgan fingerprint density at radius 3 is 1.87 bits per heavy atom. The maximum Gasteiger partial charge on any atom is 0.274 e. The molecule has 0 N–H and O–H groups in total. The molecule has 0 unspecified atom stereocenters. The number of hydrogen-bond acceptors (Lipinski definition) is 4. The summed E-state index contributed by atoms with van der Waals surface area (Å²) in [5, 5.41) is 21.4. The van der Waals surface area contributed by atoms with Gasteiger partial charge in [0.1, 0.15) is 0 Å². The monoisotopic (exact) mass is 604 g/mol. The van der Waals surface area contributed by atoms with E-state index in [0.29, 0.717) is 16.5 Å². The Bertz CT molecular complexity index is 741. The third kappa shape index (κ3) is 6.30. The summed E-state index contributed by atoms with van der Waals surface area (Å²) in [6, 6.07) is 10.3. The van der Waals surface area contributed by atoms with E-state index < -0.39 is 0 Å². The molecule has 9 heteroatoms. The Morgan fingerprint density at radius 2 is 1.43 bits per heavy atom. The molecule has 0 aromatic heterocycles. The normalized spacial score (nSPS) is 9.74. The highest BCUT2D eigenvalue weighted by Gasteiger charge is 2.12. The fourth-order valence-corrected chi connectivity index (χ4v) is 3.02. The molecule has 0 atom stereocenters. The molecule has 122 valence electrons. The molecule has 0 aliphatic carbocycles. The molecule has 6 nitrogen and oxygen atoms in total. The molecule has 0 radical (unpaired) electrons. The number of alkyl halides is 1. The van der Waals surface area contributed by atoms with Gasteiger partial charge in [-0.05, 0) is 64.2 Å². The summed E-state index contributed by atoms with van der Waals surface area (Å²) >= 11 is 7.30. The molecule has 0 aliphatic heterocycles. The molecule has 0 saturated carbocycles. The minimum Gasteiger partial charge on any atom is -0.258 e. The first-order valence-electron chi connectivity index (χ1n) is 6.15. The average Bonchev–Trinajstić information content (AvgIpc) is 2.50. The van der Waals surface area contributed by atoms with Crippen molar-refractivity contribution in [2.75, 3.05) is 0 Å². The molecule has 0 aliphatic rings. The molecule has 2 aromatic carbocycles. The highest BCUT2D eigenvalue weighted by Crippen LogP contribution is 2.23. The molecule has 2 aromatic rings. The fourth-order valence-electron chi connectivity index (χ4n) is 1.60. The van der Waals surface area contributed by atoms with Gasteiger partial charge in [-0.15, -0.1) is 0 Å². The van der Waals surface area contributed by atoms with Crippen LogP contribution in [0, 0.1) is 34.3 Å². The van der Waals surface area contributed by atoms with Gasteiger partial charge in [-0.2, -0.15) is 0 Å². The van der Waals surface area contributed by atoms with Crippen LogP contribution in [-0.2, 0) is 5.33 Å². The second-order valence-electron chi connectivity index (χ2n) is 4.35. The predicted octanol–water partition coefficient (Wildman–Crippen LogP) is 5.60. The van der Waals surface area contributed by atoms with E-state index in [1.807, 2.05) is 12.1 Å². The van der Waals surface area contributed by atoms with E-state index >= 15 is 0 Å². The molecule has 0 saturated heterocycles. The van der Waals surface area contributed by atoms with Crippen LogP contribution in [0.1, 0.15) is 11.1 Å². The molecule has 0 heterocycles. The zero-order valence-corrected chi connectivity index (χ0v) is 17.7. The number of nitro benzene ring substituents is 2. The van der Waals surface area contributed by atoms with Crippen LogP contribution in [0.2, 0.25) is 0 Å². The van der Waals surface area contributed by atoms with Gasteiger partial charge < -0.3 is 0 Å². The van der Waals surface area contributed by atoms with Gasteiger partial charge >= 0.3 is 0 Å². The van der Waals surface area contributed by atoms with E-state index in [4.69, 9.17) is 0 Å². The molecule has 2 rings (SSSR count). The van der Waals surface area contributed by atoms with Crippen molar-refractivity contribution in [2.45, 2.75) is 12.3 Å². The molecule has 0 spiro atoms. The van der Waals surface area contributed by atoms with Gasteiger partial charge in [0.05, 0.1) is 9.85 Å². The Kier molecular flexibility index (Phi) is 8.33. The Morgan fingerprint density at radius 1 is 0.957 bits per heavy atom. The van der Waals surface area contributed by atoms with Crippen molar-refractivity contribution in [2.24, 2.45) is 0 Å². The van der Waals surface area contributed by atoms with E-state index in [-0.39, 0.29) is 21.2 Å². The summed E-state index contributed by atoms with van der Waals surface area (Å²) in [6.07, 6.45) is 0. The Labute approximate surface area is 168 Å². The van der Waals surface area contributed by atoms with E-state index in [1.54, 1.807) is 31.2 Å². The molecular weight excluding hydrogens is 594 g/mol. The number of nitrogens with zero attached hydrogens (tertiary/aromatic N) is 2. The van der Waals surface area contributed by atoms with Gasteiger partial charge in [-0.3, -0.25) is 20.2 Å². The second-order valence-corrected chi connectivity index (χ2v) is 7.40. The predicted molar refractivity (Wildman–Crippen MR) is 109 cm³/mol. The van der Waals surface area contributed by atoms with E-state index in [2.05, 4.69) is 61.1 Å². The van der Waals surface area contributed by atoms with Crippen LogP contribution in [0.4, 0.5) is 11.4 Å². The number of halogens is 3. The summed E-state index contributed by atoms with van der Waals surface area (Å²) < 4.78 is 1.77. The number of rotatable bonds is 3. The molecular formula is C14H11BrI2N2O4. The standard InChI is InChI=1S/C7H5BrINO2.C7H6INO2/c8-4-5-1-2-6(9)3-7(5)10(11)12;1-5-2-3-6(8)4-7(5)9(10)11/h1-3H,4H2;2-4H,1H3. The third-order valence-corrected chi connectivity index (χ3v) is 4.70. The van der Waals surface area contributed by atoms with Crippen LogP contribution in [-0.4, -0.2) is 9.85 Å². The summed E-state index contributed by atoms with van der Waals surface area (Å²) in [7, 11) is 0. The minimum absolute atomic E-state index is 0.179. The Balaban J connectivity index is 0.000000231. The van der Waals surface area contributed by atoms with Crippen molar-refractivity contribution in [1.29, 1.82) is 0 Å². The van der Waals surface area contributed by atoms with Gasteiger partial charge in [-0.25, -0.2) is 0 Å². The van der Waals surface area contributed by atoms with Crippen LogP contribution in [0.25, 0.3) is 0 Å². The van der Waals surface area contributed by atoms with Crippen molar-refractivity contribution < 1.29 is 9.85 Å². The number of nitro groups is 2. The van der Waals surface area contributed by atoms with Gasteiger partial charge in [0, 0.05) is 35.7 Å². The lowest BCUT2D eigenvalue weighted by Gasteiger charge is -1.98. The molecule has 23 heavy (non-hydrogen) atoms. The fraction of sp³-hybridized carbons (Fsp3) is 0.143. The minimum atomic E-state index is -0.364. The van der Waals surface area contributed by atoms with Crippen molar-refractivity contribution in [3.8, 4) is 0 Å². The number of hydrogen-bond donors (Lipinski definition) is 0. The number of aryl methyl sites for hydroxylation is 1. The highest BCUT2D eigenvalue weighted by atomic mass is 127.